The van der Waals surface area contributed by atoms with Crippen LogP contribution in [-0.4, -0.2) is 10.8 Å². The number of hydrogen-bond acceptors (Lipinski definition) is 2. The molecule has 0 atom stereocenters. The Morgan fingerprint density at radius 3 is 2.61 bits per heavy atom. The highest BCUT2D eigenvalue weighted by Crippen LogP contribution is 2.27. The van der Waals surface area contributed by atoms with Crippen LogP contribution < -0.4 is 0 Å². The fraction of sp³-hybridized carbons (Fsp3) is 0.143. The van der Waals surface area contributed by atoms with Crippen LogP contribution in [0.4, 0.5) is 8.78 Å². The Balaban J connectivity index is 2.52. The SMILES string of the molecule is Cc1cccc(C(=O)c2cccnc2)c1C(F)F. The van der Waals surface area contributed by atoms with E-state index in [-0.39, 0.29) is 11.1 Å². The van der Waals surface area contributed by atoms with Crippen LogP contribution in [0.5, 0.6) is 0 Å². The zero-order chi connectivity index (χ0) is 13.1. The van der Waals surface area contributed by atoms with Gasteiger partial charge >= 0.3 is 0 Å². The maximum Gasteiger partial charge on any atom is 0.264 e. The van der Waals surface area contributed by atoms with Gasteiger partial charge in [0, 0.05) is 29.1 Å². The quantitative estimate of drug-likeness (QED) is 0.776. The van der Waals surface area contributed by atoms with E-state index in [9.17, 15) is 13.6 Å². The van der Waals surface area contributed by atoms with Crippen molar-refractivity contribution in [2.24, 2.45) is 0 Å². The second-order valence-electron chi connectivity index (χ2n) is 3.91. The van der Waals surface area contributed by atoms with E-state index in [2.05, 4.69) is 4.98 Å². The number of alkyl halides is 2. The molecule has 2 nitrogen and oxygen atoms in total. The Hall–Kier alpha value is -2.10. The van der Waals surface area contributed by atoms with Crippen LogP contribution in [0.25, 0.3) is 0 Å². The molecule has 0 aliphatic heterocycles. The first-order valence-corrected chi connectivity index (χ1v) is 5.43. The van der Waals surface area contributed by atoms with Crippen molar-refractivity contribution in [2.75, 3.05) is 0 Å². The molecule has 0 radical (unpaired) electrons. The molecule has 2 aromatic rings. The summed E-state index contributed by atoms with van der Waals surface area (Å²) in [5, 5.41) is 0. The molecule has 2 rings (SSSR count). The molecule has 4 heteroatoms. The molecule has 0 N–H and O–H groups in total. The molecule has 1 aromatic carbocycles. The molecular formula is C14H11F2NO. The molecule has 92 valence electrons. The average Bonchev–Trinajstić information content (AvgIpc) is 2.38. The lowest BCUT2D eigenvalue weighted by Crippen LogP contribution is -2.07. The van der Waals surface area contributed by atoms with Crippen molar-refractivity contribution in [2.45, 2.75) is 13.3 Å². The Bertz CT molecular complexity index is 567. The van der Waals surface area contributed by atoms with Crippen LogP contribution in [0.15, 0.2) is 42.7 Å². The number of hydrogen-bond donors (Lipinski definition) is 0. The second-order valence-corrected chi connectivity index (χ2v) is 3.91. The van der Waals surface area contributed by atoms with Crippen LogP contribution in [0.3, 0.4) is 0 Å². The number of aryl methyl sites for hydroxylation is 1. The first-order valence-electron chi connectivity index (χ1n) is 5.43. The Kier molecular flexibility index (Phi) is 3.46. The van der Waals surface area contributed by atoms with Gasteiger partial charge in [0.15, 0.2) is 5.78 Å². The summed E-state index contributed by atoms with van der Waals surface area (Å²) in [5.41, 5.74) is 0.564. The third-order valence-electron chi connectivity index (χ3n) is 2.71. The van der Waals surface area contributed by atoms with E-state index >= 15 is 0 Å². The van der Waals surface area contributed by atoms with Crippen molar-refractivity contribution in [3.8, 4) is 0 Å². The molecule has 18 heavy (non-hydrogen) atoms. The van der Waals surface area contributed by atoms with Gasteiger partial charge in [0.1, 0.15) is 0 Å². The minimum atomic E-state index is -2.66. The largest absolute Gasteiger partial charge is 0.289 e. The van der Waals surface area contributed by atoms with E-state index in [0.29, 0.717) is 11.1 Å². The Morgan fingerprint density at radius 2 is 2.00 bits per heavy atom. The molecule has 0 unspecified atom stereocenters. The summed E-state index contributed by atoms with van der Waals surface area (Å²) >= 11 is 0. The van der Waals surface area contributed by atoms with Crippen LogP contribution in [0, 0.1) is 6.92 Å². The Morgan fingerprint density at radius 1 is 1.22 bits per heavy atom. The lowest BCUT2D eigenvalue weighted by atomic mass is 9.96. The van der Waals surface area contributed by atoms with Gasteiger partial charge in [-0.2, -0.15) is 0 Å². The van der Waals surface area contributed by atoms with E-state index in [1.165, 1.54) is 18.5 Å². The molecule has 0 spiro atoms. The molecule has 0 fully saturated rings. The van der Waals surface area contributed by atoms with E-state index < -0.39 is 12.2 Å². The number of pyridine rings is 1. The monoisotopic (exact) mass is 247 g/mol. The Labute approximate surface area is 103 Å². The number of nitrogens with zero attached hydrogens (tertiary/aromatic N) is 1. The topological polar surface area (TPSA) is 30.0 Å². The zero-order valence-electron chi connectivity index (χ0n) is 9.73. The molecule has 1 aromatic heterocycles. The highest BCUT2D eigenvalue weighted by molar-refractivity contribution is 6.09. The molecular weight excluding hydrogens is 236 g/mol. The van der Waals surface area contributed by atoms with E-state index in [4.69, 9.17) is 0 Å². The zero-order valence-corrected chi connectivity index (χ0v) is 9.73. The molecule has 0 saturated carbocycles. The summed E-state index contributed by atoms with van der Waals surface area (Å²) in [7, 11) is 0. The van der Waals surface area contributed by atoms with E-state index in [1.807, 2.05) is 0 Å². The van der Waals surface area contributed by atoms with Gasteiger partial charge in [-0.05, 0) is 24.6 Å². The number of rotatable bonds is 3. The molecule has 1 heterocycles. The van der Waals surface area contributed by atoms with Crippen LogP contribution in [0.1, 0.15) is 33.5 Å². The van der Waals surface area contributed by atoms with Crippen LogP contribution in [-0.2, 0) is 0 Å². The first kappa shape index (κ1) is 12.4. The van der Waals surface area contributed by atoms with Gasteiger partial charge in [-0.25, -0.2) is 8.78 Å². The van der Waals surface area contributed by atoms with Crippen molar-refractivity contribution in [3.05, 3.63) is 65.0 Å². The number of carbonyl (C=O) groups is 1. The predicted molar refractivity (Wildman–Crippen MR) is 63.8 cm³/mol. The number of ketones is 1. The summed E-state index contributed by atoms with van der Waals surface area (Å²) in [6, 6.07) is 7.76. The fourth-order valence-corrected chi connectivity index (χ4v) is 1.82. The van der Waals surface area contributed by atoms with Crippen LogP contribution in [0.2, 0.25) is 0 Å². The van der Waals surface area contributed by atoms with E-state index in [1.54, 1.807) is 31.2 Å². The minimum Gasteiger partial charge on any atom is -0.289 e. The summed E-state index contributed by atoms with van der Waals surface area (Å²) in [6.45, 7) is 1.57. The lowest BCUT2D eigenvalue weighted by Gasteiger charge is -2.10. The number of carbonyl (C=O) groups excluding carboxylic acids is 1. The normalized spacial score (nSPS) is 10.7. The number of benzene rings is 1. The fourth-order valence-electron chi connectivity index (χ4n) is 1.82. The molecule has 0 aliphatic carbocycles. The van der Waals surface area contributed by atoms with E-state index in [0.717, 1.165) is 0 Å². The average molecular weight is 247 g/mol. The summed E-state index contributed by atoms with van der Waals surface area (Å²) in [5.74, 6) is -0.429. The van der Waals surface area contributed by atoms with Gasteiger partial charge in [-0.15, -0.1) is 0 Å². The number of halogens is 2. The lowest BCUT2D eigenvalue weighted by molar-refractivity contribution is 0.102. The third kappa shape index (κ3) is 2.27. The molecule has 0 aliphatic rings. The minimum absolute atomic E-state index is 0.0398. The summed E-state index contributed by atoms with van der Waals surface area (Å²) in [4.78, 5) is 16.0. The maximum absolute atomic E-state index is 13.0. The third-order valence-corrected chi connectivity index (χ3v) is 2.71. The first-order chi connectivity index (χ1) is 8.61. The van der Waals surface area contributed by atoms with Gasteiger partial charge in [0.25, 0.3) is 6.43 Å². The van der Waals surface area contributed by atoms with Crippen molar-refractivity contribution in [3.63, 3.8) is 0 Å². The van der Waals surface area contributed by atoms with Crippen molar-refractivity contribution >= 4 is 5.78 Å². The number of aromatic nitrogens is 1. The predicted octanol–water partition coefficient (Wildman–Crippen LogP) is 3.56. The van der Waals surface area contributed by atoms with Gasteiger partial charge in [-0.3, -0.25) is 9.78 Å². The van der Waals surface area contributed by atoms with Crippen molar-refractivity contribution < 1.29 is 13.6 Å². The molecule has 0 saturated heterocycles. The smallest absolute Gasteiger partial charge is 0.264 e. The van der Waals surface area contributed by atoms with Gasteiger partial charge < -0.3 is 0 Å². The maximum atomic E-state index is 13.0. The standard InChI is InChI=1S/C14H11F2NO/c1-9-4-2-6-11(12(9)14(15)16)13(18)10-5-3-7-17-8-10/h2-8,14H,1H3. The van der Waals surface area contributed by atoms with Crippen LogP contribution >= 0.6 is 0 Å². The second kappa shape index (κ2) is 5.04. The highest BCUT2D eigenvalue weighted by Gasteiger charge is 2.21. The molecule has 0 bridgehead atoms. The summed E-state index contributed by atoms with van der Waals surface area (Å²) in [6.07, 6.45) is 0.239. The van der Waals surface area contributed by atoms with Gasteiger partial charge in [0.2, 0.25) is 0 Å². The van der Waals surface area contributed by atoms with Gasteiger partial charge in [-0.1, -0.05) is 18.2 Å². The van der Waals surface area contributed by atoms with Crippen molar-refractivity contribution in [1.29, 1.82) is 0 Å². The van der Waals surface area contributed by atoms with Crippen molar-refractivity contribution in [1.82, 2.24) is 4.98 Å². The summed E-state index contributed by atoms with van der Waals surface area (Å²) < 4.78 is 26.0. The molecule has 0 amide bonds. The highest BCUT2D eigenvalue weighted by atomic mass is 19.3. The van der Waals surface area contributed by atoms with Gasteiger partial charge in [0.05, 0.1) is 0 Å².